The molecular weight excluding hydrogens is 354 g/mol. The number of nitrogens with zero attached hydrogens (tertiary/aromatic N) is 1. The van der Waals surface area contributed by atoms with E-state index in [1.54, 1.807) is 16.2 Å². The fourth-order valence-corrected chi connectivity index (χ4v) is 4.03. The maximum atomic E-state index is 12.7. The second kappa shape index (κ2) is 9.56. The molecule has 8 heteroatoms. The highest BCUT2D eigenvalue weighted by Gasteiger charge is 2.27. The van der Waals surface area contributed by atoms with Crippen molar-refractivity contribution < 1.29 is 19.5 Å². The zero-order valence-corrected chi connectivity index (χ0v) is 16.1. The first-order valence-electron chi connectivity index (χ1n) is 8.93. The Morgan fingerprint density at radius 3 is 2.46 bits per heavy atom. The van der Waals surface area contributed by atoms with Gasteiger partial charge in [0.25, 0.3) is 0 Å². The van der Waals surface area contributed by atoms with Gasteiger partial charge in [0.15, 0.2) is 0 Å². The lowest BCUT2D eigenvalue weighted by Crippen LogP contribution is -2.48. The van der Waals surface area contributed by atoms with Gasteiger partial charge >= 0.3 is 12.0 Å². The lowest BCUT2D eigenvalue weighted by molar-refractivity contribution is -0.142. The molecule has 0 aromatic carbocycles. The molecule has 0 spiro atoms. The van der Waals surface area contributed by atoms with Gasteiger partial charge in [0.1, 0.15) is 0 Å². The minimum atomic E-state index is -0.750. The van der Waals surface area contributed by atoms with Crippen molar-refractivity contribution in [3.05, 3.63) is 21.9 Å². The van der Waals surface area contributed by atoms with Crippen LogP contribution < -0.4 is 10.6 Å². The lowest BCUT2D eigenvalue weighted by Gasteiger charge is -2.30. The zero-order valence-electron chi connectivity index (χ0n) is 15.3. The first-order valence-corrected chi connectivity index (χ1v) is 9.74. The van der Waals surface area contributed by atoms with Crippen LogP contribution in [0, 0.1) is 12.8 Å². The average Bonchev–Trinajstić information content (AvgIpc) is 2.99. The number of hydrogen-bond donors (Lipinski definition) is 3. The van der Waals surface area contributed by atoms with Gasteiger partial charge in [-0.05, 0) is 44.7 Å². The molecule has 0 saturated heterocycles. The van der Waals surface area contributed by atoms with Crippen molar-refractivity contribution in [2.24, 2.45) is 5.92 Å². The van der Waals surface area contributed by atoms with Gasteiger partial charge in [-0.25, -0.2) is 4.79 Å². The maximum absolute atomic E-state index is 12.7. The Morgan fingerprint density at radius 1 is 1.23 bits per heavy atom. The van der Waals surface area contributed by atoms with Gasteiger partial charge in [-0.15, -0.1) is 11.3 Å². The minimum Gasteiger partial charge on any atom is -0.481 e. The highest BCUT2D eigenvalue weighted by molar-refractivity contribution is 7.11. The van der Waals surface area contributed by atoms with Crippen molar-refractivity contribution in [1.29, 1.82) is 0 Å². The van der Waals surface area contributed by atoms with Crippen LogP contribution in [0.15, 0.2) is 12.1 Å². The Labute approximate surface area is 157 Å². The van der Waals surface area contributed by atoms with E-state index in [2.05, 4.69) is 10.6 Å². The van der Waals surface area contributed by atoms with E-state index in [1.807, 2.05) is 19.1 Å². The van der Waals surface area contributed by atoms with Crippen molar-refractivity contribution >= 4 is 29.2 Å². The molecule has 3 amide bonds. The quantitative estimate of drug-likeness (QED) is 0.675. The summed E-state index contributed by atoms with van der Waals surface area (Å²) in [4.78, 5) is 38.8. The highest BCUT2D eigenvalue weighted by atomic mass is 32.1. The van der Waals surface area contributed by atoms with Gasteiger partial charge < -0.3 is 20.6 Å². The van der Waals surface area contributed by atoms with Gasteiger partial charge in [0, 0.05) is 35.8 Å². The van der Waals surface area contributed by atoms with E-state index in [4.69, 9.17) is 5.11 Å². The van der Waals surface area contributed by atoms with Crippen LogP contribution in [0.25, 0.3) is 0 Å². The number of amides is 3. The number of aliphatic carboxylic acids is 1. The summed E-state index contributed by atoms with van der Waals surface area (Å²) in [5.41, 5.74) is 0. The highest BCUT2D eigenvalue weighted by Crippen LogP contribution is 2.24. The smallest absolute Gasteiger partial charge is 0.318 e. The largest absolute Gasteiger partial charge is 0.481 e. The molecule has 1 fully saturated rings. The van der Waals surface area contributed by atoms with E-state index in [0.717, 1.165) is 4.88 Å². The second-order valence-corrected chi connectivity index (χ2v) is 8.13. The molecule has 1 aromatic heterocycles. The monoisotopic (exact) mass is 381 g/mol. The van der Waals surface area contributed by atoms with E-state index in [1.165, 1.54) is 11.8 Å². The van der Waals surface area contributed by atoms with E-state index >= 15 is 0 Å². The number of thiophene rings is 1. The molecule has 7 nitrogen and oxygen atoms in total. The third kappa shape index (κ3) is 6.33. The number of rotatable bonds is 7. The molecule has 0 aliphatic heterocycles. The molecule has 1 aliphatic rings. The summed E-state index contributed by atoms with van der Waals surface area (Å²) in [6, 6.07) is 3.88. The number of carboxylic acid groups (broad SMARTS) is 1. The Kier molecular flexibility index (Phi) is 7.44. The summed E-state index contributed by atoms with van der Waals surface area (Å²) in [5.74, 6) is -1.17. The molecule has 0 radical (unpaired) electrons. The second-order valence-electron chi connectivity index (χ2n) is 6.75. The third-order valence-corrected chi connectivity index (χ3v) is 5.58. The molecule has 1 saturated carbocycles. The SMILES string of the molecule is CC(=O)NCCN(Cc1ccc(C)s1)C(=O)NC1CCC(C(=O)O)CC1. The lowest BCUT2D eigenvalue weighted by atomic mass is 9.86. The molecule has 2 rings (SSSR count). The van der Waals surface area contributed by atoms with Crippen LogP contribution in [0.4, 0.5) is 4.79 Å². The molecule has 1 aromatic rings. The van der Waals surface area contributed by atoms with Crippen molar-refractivity contribution in [3.63, 3.8) is 0 Å². The van der Waals surface area contributed by atoms with Gasteiger partial charge in [-0.3, -0.25) is 9.59 Å². The Bertz CT molecular complexity index is 638. The van der Waals surface area contributed by atoms with E-state index in [-0.39, 0.29) is 23.9 Å². The Hall–Kier alpha value is -2.09. The van der Waals surface area contributed by atoms with Crippen molar-refractivity contribution in [1.82, 2.24) is 15.5 Å². The predicted octanol–water partition coefficient (Wildman–Crippen LogP) is 2.35. The predicted molar refractivity (Wildman–Crippen MR) is 100 cm³/mol. The molecule has 0 bridgehead atoms. The van der Waals surface area contributed by atoms with Gasteiger partial charge in [0.05, 0.1) is 12.5 Å². The van der Waals surface area contributed by atoms with E-state index in [0.29, 0.717) is 45.3 Å². The maximum Gasteiger partial charge on any atom is 0.318 e. The molecule has 0 unspecified atom stereocenters. The number of carbonyl (C=O) groups excluding carboxylic acids is 2. The standard InChI is InChI=1S/C18H27N3O4S/c1-12-3-8-16(26-12)11-21(10-9-19-13(2)22)18(25)20-15-6-4-14(5-7-15)17(23)24/h3,8,14-15H,4-7,9-11H2,1-2H3,(H,19,22)(H,20,25)(H,23,24). The number of urea groups is 1. The summed E-state index contributed by atoms with van der Waals surface area (Å²) < 4.78 is 0. The molecule has 26 heavy (non-hydrogen) atoms. The summed E-state index contributed by atoms with van der Waals surface area (Å²) in [7, 11) is 0. The van der Waals surface area contributed by atoms with Crippen molar-refractivity contribution in [3.8, 4) is 0 Å². The van der Waals surface area contributed by atoms with E-state index < -0.39 is 5.97 Å². The van der Waals surface area contributed by atoms with Crippen LogP contribution in [-0.4, -0.2) is 47.0 Å². The van der Waals surface area contributed by atoms with Crippen LogP contribution >= 0.6 is 11.3 Å². The topological polar surface area (TPSA) is 98.7 Å². The summed E-state index contributed by atoms with van der Waals surface area (Å²) in [6.45, 7) is 4.80. The van der Waals surface area contributed by atoms with Crippen LogP contribution in [-0.2, 0) is 16.1 Å². The summed E-state index contributed by atoms with van der Waals surface area (Å²) in [5, 5.41) is 14.8. The van der Waals surface area contributed by atoms with Crippen LogP contribution in [0.3, 0.4) is 0 Å². The third-order valence-electron chi connectivity index (χ3n) is 4.59. The molecule has 144 valence electrons. The Morgan fingerprint density at radius 2 is 1.92 bits per heavy atom. The molecule has 0 atom stereocenters. The molecule has 1 aliphatic carbocycles. The van der Waals surface area contributed by atoms with Gasteiger partial charge in [-0.1, -0.05) is 0 Å². The number of carboxylic acids is 1. The molecule has 1 heterocycles. The van der Waals surface area contributed by atoms with E-state index in [9.17, 15) is 14.4 Å². The number of nitrogens with one attached hydrogen (secondary N) is 2. The minimum absolute atomic E-state index is 0.00596. The van der Waals surface area contributed by atoms with Crippen molar-refractivity contribution in [2.75, 3.05) is 13.1 Å². The zero-order chi connectivity index (χ0) is 19.1. The number of carbonyl (C=O) groups is 3. The van der Waals surface area contributed by atoms with Crippen LogP contribution in [0.2, 0.25) is 0 Å². The Balaban J connectivity index is 1.91. The van der Waals surface area contributed by atoms with Gasteiger partial charge in [0.2, 0.25) is 5.91 Å². The molecular formula is C18H27N3O4S. The van der Waals surface area contributed by atoms with Crippen LogP contribution in [0.5, 0.6) is 0 Å². The summed E-state index contributed by atoms with van der Waals surface area (Å²) in [6.07, 6.45) is 2.55. The van der Waals surface area contributed by atoms with Crippen molar-refractivity contribution in [2.45, 2.75) is 52.1 Å². The fraction of sp³-hybridized carbons (Fsp3) is 0.611. The first-order chi connectivity index (χ1) is 12.3. The number of hydrogen-bond acceptors (Lipinski definition) is 4. The fourth-order valence-electron chi connectivity index (χ4n) is 3.13. The average molecular weight is 381 g/mol. The first kappa shape index (κ1) is 20.2. The summed E-state index contributed by atoms with van der Waals surface area (Å²) >= 11 is 1.65. The normalized spacial score (nSPS) is 19.6. The number of aryl methyl sites for hydroxylation is 1. The van der Waals surface area contributed by atoms with Crippen LogP contribution in [0.1, 0.15) is 42.4 Å². The molecule has 3 N–H and O–H groups in total. The van der Waals surface area contributed by atoms with Gasteiger partial charge in [-0.2, -0.15) is 0 Å².